The molecule has 210 valence electrons. The van der Waals surface area contributed by atoms with Crippen LogP contribution in [0.4, 0.5) is 0 Å². The molecule has 1 N–H and O–H groups in total. The highest BCUT2D eigenvalue weighted by Gasteiger charge is 2.18. The van der Waals surface area contributed by atoms with Crippen molar-refractivity contribution in [1.82, 2.24) is 9.97 Å². The number of hydrogen-bond donors (Lipinski definition) is 1. The van der Waals surface area contributed by atoms with Crippen molar-refractivity contribution in [2.45, 2.75) is 0 Å². The largest absolute Gasteiger partial charge is 0.345 e. The van der Waals surface area contributed by atoms with Crippen molar-refractivity contribution in [2.24, 2.45) is 0 Å². The second-order valence-electron chi connectivity index (χ2n) is 11.6. The Bertz CT molecular complexity index is 2470. The third-order valence-corrected chi connectivity index (χ3v) is 9.12. The van der Waals surface area contributed by atoms with Gasteiger partial charge in [-0.15, -0.1) is 0 Å². The smallest absolute Gasteiger partial charge is 0.138 e. The number of aromatic amines is 1. The summed E-state index contributed by atoms with van der Waals surface area (Å²) in [5.41, 5.74) is 8.45. The molecule has 45 heavy (non-hydrogen) atoms. The number of aromatic nitrogens is 2. The van der Waals surface area contributed by atoms with Gasteiger partial charge in [-0.3, -0.25) is 0 Å². The molecule has 0 saturated heterocycles. The minimum absolute atomic E-state index is 0.882. The lowest BCUT2D eigenvalue weighted by Crippen LogP contribution is -1.92. The summed E-state index contributed by atoms with van der Waals surface area (Å²) >= 11 is 0. The van der Waals surface area contributed by atoms with Gasteiger partial charge in [0.2, 0.25) is 0 Å². The Labute approximate surface area is 261 Å². The molecular weight excluding hydrogens is 544 g/mol. The van der Waals surface area contributed by atoms with E-state index < -0.39 is 0 Å². The topological polar surface area (TPSA) is 28.7 Å². The van der Waals surface area contributed by atoms with Gasteiger partial charge in [-0.05, 0) is 82.5 Å². The van der Waals surface area contributed by atoms with Crippen LogP contribution in [0.1, 0.15) is 0 Å². The second kappa shape index (κ2) is 10.3. The fourth-order valence-electron chi connectivity index (χ4n) is 7.08. The maximum absolute atomic E-state index is 4.65. The summed E-state index contributed by atoms with van der Waals surface area (Å²) < 4.78 is 0. The standard InChI is InChI=1S/C43H28N2/c1-2-11-32-27-33(22-17-28(32)9-1)41-38-15-7-5-13-36(38)40(37-14-6-8-16-39(37)41)31-20-18-30(19-21-31)35-24-23-29-10-3-4-12-34(29)42(35)43-44-25-26-45-43/h1-27H,(H,44,45). The summed E-state index contributed by atoms with van der Waals surface area (Å²) in [7, 11) is 0. The van der Waals surface area contributed by atoms with Crippen LogP contribution >= 0.6 is 0 Å². The predicted octanol–water partition coefficient (Wildman–Crippen LogP) is 11.7. The summed E-state index contributed by atoms with van der Waals surface area (Å²) in [6.07, 6.45) is 3.71. The van der Waals surface area contributed by atoms with Crippen molar-refractivity contribution in [3.63, 3.8) is 0 Å². The lowest BCUT2D eigenvalue weighted by Gasteiger charge is -2.18. The Hall–Kier alpha value is -5.99. The average Bonchev–Trinajstić information content (AvgIpc) is 3.65. The molecule has 1 aromatic heterocycles. The van der Waals surface area contributed by atoms with Crippen molar-refractivity contribution < 1.29 is 0 Å². The van der Waals surface area contributed by atoms with Crippen LogP contribution in [0, 0.1) is 0 Å². The van der Waals surface area contributed by atoms with Crippen molar-refractivity contribution in [1.29, 1.82) is 0 Å². The lowest BCUT2D eigenvalue weighted by atomic mass is 9.85. The van der Waals surface area contributed by atoms with E-state index in [-0.39, 0.29) is 0 Å². The van der Waals surface area contributed by atoms with E-state index in [4.69, 9.17) is 0 Å². The molecule has 8 aromatic carbocycles. The molecule has 0 saturated carbocycles. The molecule has 0 aliphatic rings. The van der Waals surface area contributed by atoms with Crippen LogP contribution in [0.15, 0.2) is 164 Å². The lowest BCUT2D eigenvalue weighted by molar-refractivity contribution is 1.32. The molecule has 0 atom stereocenters. The van der Waals surface area contributed by atoms with Crippen molar-refractivity contribution >= 4 is 43.1 Å². The molecule has 0 unspecified atom stereocenters. The Kier molecular flexibility index (Phi) is 5.85. The molecule has 0 radical (unpaired) electrons. The molecule has 0 aliphatic carbocycles. The Balaban J connectivity index is 1.25. The third-order valence-electron chi connectivity index (χ3n) is 9.12. The van der Waals surface area contributed by atoms with Gasteiger partial charge in [-0.25, -0.2) is 4.98 Å². The van der Waals surface area contributed by atoms with E-state index in [9.17, 15) is 0 Å². The molecule has 0 spiro atoms. The fourth-order valence-corrected chi connectivity index (χ4v) is 7.08. The van der Waals surface area contributed by atoms with Crippen LogP contribution in [0.2, 0.25) is 0 Å². The van der Waals surface area contributed by atoms with E-state index in [1.54, 1.807) is 0 Å². The van der Waals surface area contributed by atoms with Crippen LogP contribution < -0.4 is 0 Å². The van der Waals surface area contributed by atoms with E-state index in [1.165, 1.54) is 65.3 Å². The minimum Gasteiger partial charge on any atom is -0.345 e. The first-order chi connectivity index (χ1) is 22.3. The predicted molar refractivity (Wildman–Crippen MR) is 190 cm³/mol. The van der Waals surface area contributed by atoms with Crippen LogP contribution in [0.3, 0.4) is 0 Å². The molecule has 0 fully saturated rings. The summed E-state index contributed by atoms with van der Waals surface area (Å²) in [6, 6.07) is 55.2. The monoisotopic (exact) mass is 572 g/mol. The molecule has 9 rings (SSSR count). The van der Waals surface area contributed by atoms with Gasteiger partial charge in [-0.1, -0.05) is 146 Å². The van der Waals surface area contributed by atoms with Crippen LogP contribution in [0.25, 0.3) is 87.9 Å². The maximum Gasteiger partial charge on any atom is 0.138 e. The molecule has 1 heterocycles. The molecule has 0 aliphatic heterocycles. The first kappa shape index (κ1) is 25.5. The number of nitrogens with one attached hydrogen (secondary N) is 1. The van der Waals surface area contributed by atoms with Gasteiger partial charge in [0.1, 0.15) is 5.82 Å². The van der Waals surface area contributed by atoms with Crippen molar-refractivity contribution in [3.05, 3.63) is 164 Å². The molecule has 0 amide bonds. The van der Waals surface area contributed by atoms with Gasteiger partial charge in [0, 0.05) is 18.0 Å². The Morgan fingerprint density at radius 3 is 1.53 bits per heavy atom. The quantitative estimate of drug-likeness (QED) is 0.209. The van der Waals surface area contributed by atoms with E-state index in [0.29, 0.717) is 0 Å². The summed E-state index contributed by atoms with van der Waals surface area (Å²) in [6.45, 7) is 0. The summed E-state index contributed by atoms with van der Waals surface area (Å²) in [5.74, 6) is 0.882. The van der Waals surface area contributed by atoms with Crippen molar-refractivity contribution in [3.8, 4) is 44.8 Å². The number of benzene rings is 8. The zero-order valence-corrected chi connectivity index (χ0v) is 24.5. The number of fused-ring (bicyclic) bond motifs is 4. The number of nitrogens with zero attached hydrogens (tertiary/aromatic N) is 1. The van der Waals surface area contributed by atoms with Crippen molar-refractivity contribution in [2.75, 3.05) is 0 Å². The van der Waals surface area contributed by atoms with Crippen LogP contribution in [-0.2, 0) is 0 Å². The van der Waals surface area contributed by atoms with E-state index in [0.717, 1.165) is 22.5 Å². The zero-order valence-electron chi connectivity index (χ0n) is 24.5. The molecule has 2 heteroatoms. The normalized spacial score (nSPS) is 11.6. The number of rotatable bonds is 4. The highest BCUT2D eigenvalue weighted by Crippen LogP contribution is 2.45. The van der Waals surface area contributed by atoms with Gasteiger partial charge in [0.15, 0.2) is 0 Å². The molecular formula is C43H28N2. The molecule has 9 aromatic rings. The van der Waals surface area contributed by atoms with Gasteiger partial charge >= 0.3 is 0 Å². The first-order valence-electron chi connectivity index (χ1n) is 15.4. The summed E-state index contributed by atoms with van der Waals surface area (Å²) in [5, 5.41) is 9.95. The molecule has 2 nitrogen and oxygen atoms in total. The Morgan fingerprint density at radius 1 is 0.378 bits per heavy atom. The number of H-pyrrole nitrogens is 1. The van der Waals surface area contributed by atoms with E-state index >= 15 is 0 Å². The average molecular weight is 573 g/mol. The van der Waals surface area contributed by atoms with Crippen LogP contribution in [0.5, 0.6) is 0 Å². The number of imidazole rings is 1. The Morgan fingerprint density at radius 2 is 0.889 bits per heavy atom. The fraction of sp³-hybridized carbons (Fsp3) is 0. The second-order valence-corrected chi connectivity index (χ2v) is 11.6. The van der Waals surface area contributed by atoms with E-state index in [2.05, 4.69) is 162 Å². The zero-order chi connectivity index (χ0) is 29.7. The SMILES string of the molecule is c1ccc2cc(-c3c4ccccc4c(-c4ccc(-c5ccc6ccccc6c5-c5ncc[nH]5)cc4)c4ccccc34)ccc2c1. The third kappa shape index (κ3) is 4.15. The van der Waals surface area contributed by atoms with Gasteiger partial charge in [-0.2, -0.15) is 0 Å². The maximum atomic E-state index is 4.65. The first-order valence-corrected chi connectivity index (χ1v) is 15.4. The van der Waals surface area contributed by atoms with Crippen LogP contribution in [-0.4, -0.2) is 9.97 Å². The highest BCUT2D eigenvalue weighted by atomic mass is 14.9. The van der Waals surface area contributed by atoms with Gasteiger partial charge in [0.25, 0.3) is 0 Å². The highest BCUT2D eigenvalue weighted by molar-refractivity contribution is 6.21. The van der Waals surface area contributed by atoms with Gasteiger partial charge in [0.05, 0.1) is 0 Å². The van der Waals surface area contributed by atoms with E-state index in [1.807, 2.05) is 12.4 Å². The minimum atomic E-state index is 0.882. The summed E-state index contributed by atoms with van der Waals surface area (Å²) in [4.78, 5) is 8.00. The number of hydrogen-bond acceptors (Lipinski definition) is 1. The molecule has 0 bridgehead atoms. The van der Waals surface area contributed by atoms with Gasteiger partial charge < -0.3 is 4.98 Å².